The molecule has 2 N–H and O–H groups in total. The molecule has 1 aliphatic heterocycles. The molecule has 0 aromatic heterocycles. The molecule has 0 radical (unpaired) electrons. The van der Waals surface area contributed by atoms with Crippen LogP contribution in [0.15, 0.2) is 72.3 Å². The summed E-state index contributed by atoms with van der Waals surface area (Å²) in [5.41, 5.74) is 1.51. The summed E-state index contributed by atoms with van der Waals surface area (Å²) >= 11 is 0. The van der Waals surface area contributed by atoms with Gasteiger partial charge in [0.2, 0.25) is 0 Å². The third kappa shape index (κ3) is 4.68. The van der Waals surface area contributed by atoms with Crippen LogP contribution in [0.1, 0.15) is 22.7 Å². The molecular formula is C27H24FNO6. The minimum Gasteiger partial charge on any atom is -0.508 e. The third-order valence-electron chi connectivity index (χ3n) is 5.96. The number of carbonyl (C=O) groups is 2. The number of Topliss-reactive ketones (excluding diaryl/α,β-unsaturated/α-hetero) is 1. The van der Waals surface area contributed by atoms with Crippen LogP contribution in [0.2, 0.25) is 0 Å². The number of aliphatic hydroxyl groups excluding tert-OH is 1. The van der Waals surface area contributed by atoms with Crippen LogP contribution in [0.3, 0.4) is 0 Å². The Morgan fingerprint density at radius 1 is 0.943 bits per heavy atom. The van der Waals surface area contributed by atoms with E-state index in [1.807, 2.05) is 6.07 Å². The Morgan fingerprint density at radius 2 is 1.60 bits per heavy atom. The lowest BCUT2D eigenvalue weighted by Crippen LogP contribution is -2.31. The van der Waals surface area contributed by atoms with Crippen LogP contribution in [0.25, 0.3) is 5.76 Å². The fourth-order valence-electron chi connectivity index (χ4n) is 4.16. The first kappa shape index (κ1) is 23.8. The van der Waals surface area contributed by atoms with Gasteiger partial charge in [0.1, 0.15) is 17.3 Å². The lowest BCUT2D eigenvalue weighted by atomic mass is 9.95. The number of likely N-dealkylation sites (tertiary alicyclic amines) is 1. The van der Waals surface area contributed by atoms with Gasteiger partial charge < -0.3 is 24.6 Å². The number of aliphatic hydroxyl groups is 1. The topological polar surface area (TPSA) is 96.3 Å². The predicted octanol–water partition coefficient (Wildman–Crippen LogP) is 4.21. The fraction of sp³-hybridized carbons (Fsp3) is 0.185. The first-order valence-corrected chi connectivity index (χ1v) is 10.9. The van der Waals surface area contributed by atoms with Crippen molar-refractivity contribution >= 4 is 17.4 Å². The van der Waals surface area contributed by atoms with E-state index in [1.165, 1.54) is 43.4 Å². The first-order valence-electron chi connectivity index (χ1n) is 10.9. The summed E-state index contributed by atoms with van der Waals surface area (Å²) in [6.07, 6.45) is 0.401. The van der Waals surface area contributed by atoms with Crippen molar-refractivity contribution in [2.24, 2.45) is 0 Å². The lowest BCUT2D eigenvalue weighted by Gasteiger charge is -2.25. The fourth-order valence-corrected chi connectivity index (χ4v) is 4.16. The summed E-state index contributed by atoms with van der Waals surface area (Å²) in [5, 5.41) is 20.7. The van der Waals surface area contributed by atoms with Gasteiger partial charge in [-0.2, -0.15) is 0 Å². The molecule has 4 rings (SSSR count). The Bertz CT molecular complexity index is 1280. The monoisotopic (exact) mass is 477 g/mol. The molecule has 0 spiro atoms. The van der Waals surface area contributed by atoms with E-state index in [4.69, 9.17) is 9.47 Å². The van der Waals surface area contributed by atoms with Crippen LogP contribution in [-0.4, -0.2) is 47.6 Å². The predicted molar refractivity (Wildman–Crippen MR) is 127 cm³/mol. The lowest BCUT2D eigenvalue weighted by molar-refractivity contribution is -0.139. The van der Waals surface area contributed by atoms with E-state index in [9.17, 15) is 24.2 Å². The Morgan fingerprint density at radius 3 is 2.23 bits per heavy atom. The second-order valence-electron chi connectivity index (χ2n) is 8.03. The van der Waals surface area contributed by atoms with Gasteiger partial charge in [-0.15, -0.1) is 0 Å². The number of ether oxygens (including phenoxy) is 2. The number of aromatic hydroxyl groups is 1. The van der Waals surface area contributed by atoms with Gasteiger partial charge in [-0.1, -0.05) is 18.2 Å². The molecule has 0 bridgehead atoms. The Labute approximate surface area is 201 Å². The molecule has 1 fully saturated rings. The van der Waals surface area contributed by atoms with Crippen molar-refractivity contribution in [1.82, 2.24) is 4.90 Å². The standard InChI is InChI=1S/C27H24FNO6/c1-34-21-12-3-16(15-22(21)35-2)13-14-29-24(17-6-10-20(30)11-7-17)23(26(32)27(29)33)25(31)18-4-8-19(28)9-5-18/h3-12,15,24,30-31H,13-14H2,1-2H3/t24-/m1/s1. The quantitative estimate of drug-likeness (QED) is 0.301. The van der Waals surface area contributed by atoms with Gasteiger partial charge in [-0.05, 0) is 66.1 Å². The zero-order valence-corrected chi connectivity index (χ0v) is 19.2. The van der Waals surface area contributed by atoms with E-state index in [0.29, 0.717) is 23.5 Å². The normalized spacial score (nSPS) is 17.0. The molecule has 180 valence electrons. The van der Waals surface area contributed by atoms with E-state index < -0.39 is 29.3 Å². The number of phenolic OH excluding ortho intramolecular Hbond substituents is 1. The number of rotatable bonds is 7. The SMILES string of the molecule is COc1ccc(CCN2C(=O)C(=O)C(=C(O)c3ccc(F)cc3)[C@H]2c2ccc(O)cc2)cc1OC. The van der Waals surface area contributed by atoms with Crippen LogP contribution in [0, 0.1) is 5.82 Å². The highest BCUT2D eigenvalue weighted by Crippen LogP contribution is 2.40. The molecule has 3 aromatic carbocycles. The highest BCUT2D eigenvalue weighted by molar-refractivity contribution is 6.46. The van der Waals surface area contributed by atoms with Gasteiger partial charge in [0, 0.05) is 12.1 Å². The maximum Gasteiger partial charge on any atom is 0.295 e. The van der Waals surface area contributed by atoms with Crippen molar-refractivity contribution < 1.29 is 33.7 Å². The molecule has 1 aliphatic rings. The van der Waals surface area contributed by atoms with Crippen LogP contribution < -0.4 is 9.47 Å². The molecule has 0 aliphatic carbocycles. The number of nitrogens with zero attached hydrogens (tertiary/aromatic N) is 1. The molecule has 0 saturated carbocycles. The second kappa shape index (κ2) is 9.89. The molecule has 1 heterocycles. The van der Waals surface area contributed by atoms with Gasteiger partial charge in [0.05, 0.1) is 25.8 Å². The number of benzene rings is 3. The molecule has 3 aromatic rings. The van der Waals surface area contributed by atoms with Crippen molar-refractivity contribution in [3.63, 3.8) is 0 Å². The van der Waals surface area contributed by atoms with E-state index >= 15 is 0 Å². The first-order chi connectivity index (χ1) is 16.8. The molecule has 1 saturated heterocycles. The van der Waals surface area contributed by atoms with Crippen molar-refractivity contribution in [2.45, 2.75) is 12.5 Å². The molecule has 8 heteroatoms. The molecule has 1 atom stereocenters. The summed E-state index contributed by atoms with van der Waals surface area (Å²) in [4.78, 5) is 27.5. The zero-order valence-electron chi connectivity index (χ0n) is 19.2. The average Bonchev–Trinajstić information content (AvgIpc) is 3.12. The number of hydrogen-bond acceptors (Lipinski definition) is 6. The van der Waals surface area contributed by atoms with Gasteiger partial charge in [-0.25, -0.2) is 4.39 Å². The Balaban J connectivity index is 1.73. The second-order valence-corrected chi connectivity index (χ2v) is 8.03. The number of methoxy groups -OCH3 is 2. The van der Waals surface area contributed by atoms with Gasteiger partial charge in [-0.3, -0.25) is 9.59 Å². The summed E-state index contributed by atoms with van der Waals surface area (Å²) in [5.74, 6) is -1.35. The highest BCUT2D eigenvalue weighted by Gasteiger charge is 2.45. The molecular weight excluding hydrogens is 453 g/mol. The number of phenols is 1. The molecule has 7 nitrogen and oxygen atoms in total. The van der Waals surface area contributed by atoms with Gasteiger partial charge in [0.25, 0.3) is 11.7 Å². The van der Waals surface area contributed by atoms with Crippen LogP contribution in [-0.2, 0) is 16.0 Å². The van der Waals surface area contributed by atoms with E-state index in [1.54, 1.807) is 24.3 Å². The van der Waals surface area contributed by atoms with E-state index in [2.05, 4.69) is 0 Å². The molecule has 35 heavy (non-hydrogen) atoms. The third-order valence-corrected chi connectivity index (χ3v) is 5.96. The number of hydrogen-bond donors (Lipinski definition) is 2. The maximum absolute atomic E-state index is 13.4. The number of halogens is 1. The molecule has 0 unspecified atom stereocenters. The zero-order chi connectivity index (χ0) is 25.1. The van der Waals surface area contributed by atoms with Crippen LogP contribution in [0.4, 0.5) is 4.39 Å². The smallest absolute Gasteiger partial charge is 0.295 e. The summed E-state index contributed by atoms with van der Waals surface area (Å²) in [6, 6.07) is 15.6. The summed E-state index contributed by atoms with van der Waals surface area (Å²) < 4.78 is 24.0. The van der Waals surface area contributed by atoms with Crippen molar-refractivity contribution in [3.8, 4) is 17.2 Å². The highest BCUT2D eigenvalue weighted by atomic mass is 19.1. The number of amides is 1. The van der Waals surface area contributed by atoms with Gasteiger partial charge in [0.15, 0.2) is 11.5 Å². The van der Waals surface area contributed by atoms with Crippen molar-refractivity contribution in [2.75, 3.05) is 20.8 Å². The number of ketones is 1. The molecule has 1 amide bonds. The van der Waals surface area contributed by atoms with Crippen molar-refractivity contribution in [3.05, 3.63) is 94.8 Å². The Hall–Kier alpha value is -4.33. The average molecular weight is 477 g/mol. The van der Waals surface area contributed by atoms with E-state index in [0.717, 1.165) is 17.7 Å². The van der Waals surface area contributed by atoms with Crippen LogP contribution >= 0.6 is 0 Å². The maximum atomic E-state index is 13.4. The summed E-state index contributed by atoms with van der Waals surface area (Å²) in [6.45, 7) is 0.172. The summed E-state index contributed by atoms with van der Waals surface area (Å²) in [7, 11) is 3.07. The van der Waals surface area contributed by atoms with Crippen molar-refractivity contribution in [1.29, 1.82) is 0 Å². The largest absolute Gasteiger partial charge is 0.508 e. The van der Waals surface area contributed by atoms with Gasteiger partial charge >= 0.3 is 0 Å². The van der Waals surface area contributed by atoms with Crippen LogP contribution in [0.5, 0.6) is 17.2 Å². The minimum absolute atomic E-state index is 0.0227. The number of carbonyl (C=O) groups excluding carboxylic acids is 2. The Kier molecular flexibility index (Phi) is 6.73. The van der Waals surface area contributed by atoms with E-state index in [-0.39, 0.29) is 23.4 Å². The minimum atomic E-state index is -0.888.